The van der Waals surface area contributed by atoms with Crippen molar-refractivity contribution in [1.82, 2.24) is 0 Å². The molecule has 0 amide bonds. The van der Waals surface area contributed by atoms with Crippen molar-refractivity contribution in [3.05, 3.63) is 59.7 Å². The topological polar surface area (TPSA) is 38.8 Å². The highest BCUT2D eigenvalue weighted by Crippen LogP contribution is 2.36. The van der Waals surface area contributed by atoms with Crippen LogP contribution in [0.1, 0.15) is 62.0 Å². The highest BCUT2D eigenvalue weighted by atomic mass is 16.5. The molecule has 0 aromatic heterocycles. The molecule has 5 rings (SSSR count). The molecule has 1 saturated heterocycles. The van der Waals surface area contributed by atoms with Crippen LogP contribution in [-0.2, 0) is 9.53 Å². The van der Waals surface area contributed by atoms with E-state index in [9.17, 15) is 4.79 Å². The van der Waals surface area contributed by atoms with Crippen LogP contribution in [0.15, 0.2) is 48.5 Å². The van der Waals surface area contributed by atoms with Gasteiger partial charge < -0.3 is 14.4 Å². The normalized spacial score (nSPS) is 23.9. The van der Waals surface area contributed by atoms with Crippen molar-refractivity contribution < 1.29 is 14.3 Å². The van der Waals surface area contributed by atoms with Crippen LogP contribution in [0, 0.1) is 11.8 Å². The lowest BCUT2D eigenvalue weighted by Gasteiger charge is -2.41. The fourth-order valence-electron chi connectivity index (χ4n) is 4.86. The molecule has 0 radical (unpaired) electrons. The Morgan fingerprint density at radius 1 is 1.03 bits per heavy atom. The smallest absolute Gasteiger partial charge is 0.136 e. The van der Waals surface area contributed by atoms with Crippen LogP contribution in [0.5, 0.6) is 5.75 Å². The van der Waals surface area contributed by atoms with E-state index in [4.69, 9.17) is 9.47 Å². The van der Waals surface area contributed by atoms with Gasteiger partial charge in [-0.1, -0.05) is 31.2 Å². The number of ketones is 1. The predicted molar refractivity (Wildman–Crippen MR) is 128 cm³/mol. The van der Waals surface area contributed by atoms with Gasteiger partial charge in [0, 0.05) is 44.1 Å². The van der Waals surface area contributed by atoms with Crippen molar-refractivity contribution in [1.29, 1.82) is 0 Å². The Hall–Kier alpha value is -2.33. The number of Topliss-reactive ketones (excluding diaryl/α,β-unsaturated/α-hetero) is 1. The lowest BCUT2D eigenvalue weighted by molar-refractivity contribution is -0.130. The monoisotopic (exact) mass is 433 g/mol. The van der Waals surface area contributed by atoms with Crippen molar-refractivity contribution in [3.8, 4) is 5.75 Å². The van der Waals surface area contributed by atoms with E-state index in [2.05, 4.69) is 60.4 Å². The first-order chi connectivity index (χ1) is 15.6. The second-order valence-corrected chi connectivity index (χ2v) is 10.1. The van der Waals surface area contributed by atoms with Gasteiger partial charge in [0.2, 0.25) is 0 Å². The average Bonchev–Trinajstić information content (AvgIpc) is 3.56. The third-order valence-corrected chi connectivity index (χ3v) is 7.63. The molecular weight excluding hydrogens is 398 g/mol. The minimum Gasteiger partial charge on any atom is -0.493 e. The van der Waals surface area contributed by atoms with E-state index in [-0.39, 0.29) is 11.8 Å². The maximum Gasteiger partial charge on any atom is 0.136 e. The number of carbonyl (C=O) groups excluding carboxylic acids is 1. The second kappa shape index (κ2) is 9.27. The number of anilines is 1. The first-order valence-electron chi connectivity index (χ1n) is 12.2. The summed E-state index contributed by atoms with van der Waals surface area (Å²) in [6, 6.07) is 17.5. The van der Waals surface area contributed by atoms with Gasteiger partial charge in [0.25, 0.3) is 0 Å². The zero-order valence-corrected chi connectivity index (χ0v) is 19.3. The Labute approximate surface area is 191 Å². The Morgan fingerprint density at radius 3 is 2.34 bits per heavy atom. The molecule has 2 aromatic rings. The van der Waals surface area contributed by atoms with Crippen LogP contribution >= 0.6 is 0 Å². The lowest BCUT2D eigenvalue weighted by Crippen LogP contribution is -2.45. The molecule has 0 bridgehead atoms. The lowest BCUT2D eigenvalue weighted by atomic mass is 9.76. The molecule has 3 fully saturated rings. The summed E-state index contributed by atoms with van der Waals surface area (Å²) in [5.41, 5.74) is 3.94. The van der Waals surface area contributed by atoms with Gasteiger partial charge in [0.1, 0.15) is 11.5 Å². The predicted octanol–water partition coefficient (Wildman–Crippen LogP) is 5.57. The standard InChI is InChI=1S/C28H35NO3/c1-19(13-28(30)23-14-27(15-23)31-2)21-5-7-22(8-6-21)24-16-29(17-24)25-9-11-26(12-10-25)32-18-20-3-4-20/h5-12,19-20,23-24,27H,3-4,13-18H2,1-2H3/t19-,23?,27?/m1/s1. The van der Waals surface area contributed by atoms with E-state index in [1.807, 2.05) is 0 Å². The van der Waals surface area contributed by atoms with Crippen LogP contribution in [0.2, 0.25) is 0 Å². The van der Waals surface area contributed by atoms with Crippen molar-refractivity contribution in [3.63, 3.8) is 0 Å². The maximum absolute atomic E-state index is 12.5. The van der Waals surface area contributed by atoms with Crippen LogP contribution < -0.4 is 9.64 Å². The molecular formula is C28H35NO3. The summed E-state index contributed by atoms with van der Waals surface area (Å²) < 4.78 is 11.2. The molecule has 3 aliphatic rings. The Balaban J connectivity index is 1.08. The quantitative estimate of drug-likeness (QED) is 0.491. The summed E-state index contributed by atoms with van der Waals surface area (Å²) in [7, 11) is 1.73. The van der Waals surface area contributed by atoms with Gasteiger partial charge in [-0.2, -0.15) is 0 Å². The molecule has 170 valence electrons. The molecule has 2 aromatic carbocycles. The summed E-state index contributed by atoms with van der Waals surface area (Å²) in [6.07, 6.45) is 5.37. The van der Waals surface area contributed by atoms with Crippen LogP contribution in [0.3, 0.4) is 0 Å². The first-order valence-corrected chi connectivity index (χ1v) is 12.2. The zero-order chi connectivity index (χ0) is 22.1. The number of methoxy groups -OCH3 is 1. The van der Waals surface area contributed by atoms with Gasteiger partial charge >= 0.3 is 0 Å². The molecule has 0 N–H and O–H groups in total. The van der Waals surface area contributed by atoms with Crippen LogP contribution in [0.25, 0.3) is 0 Å². The van der Waals surface area contributed by atoms with Gasteiger partial charge in [0.15, 0.2) is 0 Å². The number of nitrogens with zero attached hydrogens (tertiary/aromatic N) is 1. The second-order valence-electron chi connectivity index (χ2n) is 10.1. The largest absolute Gasteiger partial charge is 0.493 e. The van der Waals surface area contributed by atoms with Gasteiger partial charge in [-0.25, -0.2) is 0 Å². The minimum absolute atomic E-state index is 0.210. The fourth-order valence-corrected chi connectivity index (χ4v) is 4.86. The molecule has 2 saturated carbocycles. The van der Waals surface area contributed by atoms with Gasteiger partial charge in [-0.15, -0.1) is 0 Å². The molecule has 4 nitrogen and oxygen atoms in total. The Morgan fingerprint density at radius 2 is 1.72 bits per heavy atom. The fraction of sp³-hybridized carbons (Fsp3) is 0.536. The van der Waals surface area contributed by atoms with E-state index in [0.29, 0.717) is 24.2 Å². The molecule has 2 aliphatic carbocycles. The molecule has 4 heteroatoms. The number of benzene rings is 2. The number of hydrogen-bond acceptors (Lipinski definition) is 4. The summed E-state index contributed by atoms with van der Waals surface area (Å²) in [5, 5.41) is 0. The molecule has 1 atom stereocenters. The van der Waals surface area contributed by atoms with Crippen molar-refractivity contribution in [2.45, 2.75) is 57.0 Å². The third kappa shape index (κ3) is 4.85. The number of hydrogen-bond donors (Lipinski definition) is 0. The van der Waals surface area contributed by atoms with Crippen molar-refractivity contribution in [2.75, 3.05) is 31.7 Å². The summed E-state index contributed by atoms with van der Waals surface area (Å²) in [6.45, 7) is 5.14. The molecule has 1 aliphatic heterocycles. The Kier molecular flexibility index (Phi) is 6.23. The molecule has 32 heavy (non-hydrogen) atoms. The Bertz CT molecular complexity index is 907. The zero-order valence-electron chi connectivity index (χ0n) is 19.3. The maximum atomic E-state index is 12.5. The van der Waals surface area contributed by atoms with E-state index >= 15 is 0 Å². The van der Waals surface area contributed by atoms with Crippen LogP contribution in [0.4, 0.5) is 5.69 Å². The summed E-state index contributed by atoms with van der Waals surface area (Å²) in [4.78, 5) is 14.9. The number of carbonyl (C=O) groups is 1. The molecule has 0 unspecified atom stereocenters. The number of ether oxygens (including phenoxy) is 2. The van der Waals surface area contributed by atoms with Gasteiger partial charge in [-0.05, 0) is 72.9 Å². The highest BCUT2D eigenvalue weighted by molar-refractivity contribution is 5.82. The number of rotatable bonds is 10. The minimum atomic E-state index is 0.210. The van der Waals surface area contributed by atoms with Gasteiger partial charge in [0.05, 0.1) is 12.7 Å². The highest BCUT2D eigenvalue weighted by Gasteiger charge is 2.35. The van der Waals surface area contributed by atoms with E-state index in [0.717, 1.165) is 44.2 Å². The van der Waals surface area contributed by atoms with E-state index in [1.54, 1.807) is 7.11 Å². The van der Waals surface area contributed by atoms with Crippen molar-refractivity contribution >= 4 is 11.5 Å². The summed E-state index contributed by atoms with van der Waals surface area (Å²) >= 11 is 0. The SMILES string of the molecule is COC1CC(C(=O)C[C@@H](C)c2ccc(C3CN(c4ccc(OCC5CC5)cc4)C3)cc2)C1. The van der Waals surface area contributed by atoms with Crippen LogP contribution in [-0.4, -0.2) is 38.7 Å². The first kappa shape index (κ1) is 21.5. The van der Waals surface area contributed by atoms with E-state index < -0.39 is 0 Å². The van der Waals surface area contributed by atoms with E-state index in [1.165, 1.54) is 29.7 Å². The third-order valence-electron chi connectivity index (χ3n) is 7.63. The summed E-state index contributed by atoms with van der Waals surface area (Å²) in [5.74, 6) is 3.23. The molecule has 1 heterocycles. The van der Waals surface area contributed by atoms with Crippen molar-refractivity contribution in [2.24, 2.45) is 11.8 Å². The average molecular weight is 434 g/mol. The van der Waals surface area contributed by atoms with Gasteiger partial charge in [-0.3, -0.25) is 4.79 Å². The molecule has 0 spiro atoms.